The monoisotopic (exact) mass is 296 g/mol. The number of hydrogen-bond donors (Lipinski definition) is 2. The third-order valence-electron chi connectivity index (χ3n) is 1.95. The molecule has 0 saturated heterocycles. The maximum absolute atomic E-state index is 11.3. The quantitative estimate of drug-likeness (QED) is 0.637. The second kappa shape index (κ2) is 8.11. The maximum Gasteiger partial charge on any atom is 0.331 e. The Kier molecular flexibility index (Phi) is 6.45. The van der Waals surface area contributed by atoms with Gasteiger partial charge in [0.05, 0.1) is 0 Å². The summed E-state index contributed by atoms with van der Waals surface area (Å²) >= 11 is 1.48. The second-order valence-corrected chi connectivity index (χ2v) is 5.11. The van der Waals surface area contributed by atoms with Crippen molar-refractivity contribution in [3.8, 4) is 0 Å². The summed E-state index contributed by atoms with van der Waals surface area (Å²) in [4.78, 5) is 34.7. The van der Waals surface area contributed by atoms with Gasteiger partial charge in [-0.3, -0.25) is 10.1 Å². The molecule has 0 radical (unpaired) electrons. The minimum atomic E-state index is -0.680. The van der Waals surface area contributed by atoms with Crippen LogP contribution in [0.15, 0.2) is 23.6 Å². The predicted octanol–water partition coefficient (Wildman–Crippen LogP) is 1.54. The van der Waals surface area contributed by atoms with E-state index in [1.165, 1.54) is 17.4 Å². The average molecular weight is 296 g/mol. The highest BCUT2D eigenvalue weighted by molar-refractivity contribution is 7.10. The molecule has 0 unspecified atom stereocenters. The molecule has 0 aromatic carbocycles. The highest BCUT2D eigenvalue weighted by atomic mass is 32.1. The van der Waals surface area contributed by atoms with Gasteiger partial charge in [-0.2, -0.15) is 0 Å². The zero-order valence-corrected chi connectivity index (χ0v) is 12.0. The van der Waals surface area contributed by atoms with Crippen LogP contribution >= 0.6 is 11.3 Å². The van der Waals surface area contributed by atoms with E-state index in [4.69, 9.17) is 4.74 Å². The molecule has 1 aromatic rings. The summed E-state index contributed by atoms with van der Waals surface area (Å²) < 4.78 is 4.69. The first-order valence-electron chi connectivity index (χ1n) is 5.96. The minimum absolute atomic E-state index is 0.0842. The van der Waals surface area contributed by atoms with Gasteiger partial charge < -0.3 is 10.1 Å². The first kappa shape index (κ1) is 15.9. The standard InChI is InChI=1S/C13H16N2O4S/c1-9(2)14-13(18)15-11(16)8-19-12(17)6-5-10-4-3-7-20-10/h3-7,9H,8H2,1-2H3,(H2,14,15,16,18). The summed E-state index contributed by atoms with van der Waals surface area (Å²) in [5.74, 6) is -1.32. The Bertz CT molecular complexity index is 494. The fraction of sp³-hybridized carbons (Fsp3) is 0.308. The Morgan fingerprint density at radius 2 is 2.15 bits per heavy atom. The molecule has 1 rings (SSSR count). The first-order chi connectivity index (χ1) is 9.47. The summed E-state index contributed by atoms with van der Waals surface area (Å²) in [6.45, 7) is 3.03. The van der Waals surface area contributed by atoms with Gasteiger partial charge in [0, 0.05) is 17.0 Å². The Labute approximate surface area is 120 Å². The Balaban J connectivity index is 2.27. The Morgan fingerprint density at radius 1 is 1.40 bits per heavy atom. The lowest BCUT2D eigenvalue weighted by Crippen LogP contribution is -2.43. The lowest BCUT2D eigenvalue weighted by molar-refractivity contribution is -0.143. The molecule has 108 valence electrons. The number of amides is 3. The Hall–Kier alpha value is -2.15. The number of thiophene rings is 1. The highest BCUT2D eigenvalue weighted by Crippen LogP contribution is 2.09. The molecule has 0 atom stereocenters. The summed E-state index contributed by atoms with van der Waals surface area (Å²) in [6, 6.07) is 3.00. The number of rotatable bonds is 5. The lowest BCUT2D eigenvalue weighted by atomic mass is 10.4. The summed E-state index contributed by atoms with van der Waals surface area (Å²) in [6.07, 6.45) is 2.82. The zero-order chi connectivity index (χ0) is 15.0. The van der Waals surface area contributed by atoms with Crippen LogP contribution in [0, 0.1) is 0 Å². The van der Waals surface area contributed by atoms with E-state index in [1.54, 1.807) is 19.9 Å². The van der Waals surface area contributed by atoms with Gasteiger partial charge in [0.15, 0.2) is 6.61 Å². The van der Waals surface area contributed by atoms with Gasteiger partial charge in [-0.25, -0.2) is 9.59 Å². The predicted molar refractivity (Wildman–Crippen MR) is 76.1 cm³/mol. The van der Waals surface area contributed by atoms with Crippen molar-refractivity contribution in [2.75, 3.05) is 6.61 Å². The average Bonchev–Trinajstić information content (AvgIpc) is 2.85. The van der Waals surface area contributed by atoms with Gasteiger partial charge in [0.1, 0.15) is 0 Å². The molecule has 1 aromatic heterocycles. The second-order valence-electron chi connectivity index (χ2n) is 4.13. The third kappa shape index (κ3) is 6.69. The molecule has 7 heteroatoms. The number of hydrogen-bond acceptors (Lipinski definition) is 5. The molecule has 0 aliphatic carbocycles. The number of nitrogens with one attached hydrogen (secondary N) is 2. The van der Waals surface area contributed by atoms with Crippen molar-refractivity contribution < 1.29 is 19.1 Å². The molecule has 2 N–H and O–H groups in total. The molecule has 0 aliphatic heterocycles. The fourth-order valence-electron chi connectivity index (χ4n) is 1.18. The number of imide groups is 1. The number of esters is 1. The van der Waals surface area contributed by atoms with Crippen LogP contribution in [0.3, 0.4) is 0 Å². The molecule has 1 heterocycles. The molecule has 6 nitrogen and oxygen atoms in total. The fourth-order valence-corrected chi connectivity index (χ4v) is 1.80. The van der Waals surface area contributed by atoms with E-state index < -0.39 is 24.5 Å². The highest BCUT2D eigenvalue weighted by Gasteiger charge is 2.10. The molecule has 0 aliphatic rings. The third-order valence-corrected chi connectivity index (χ3v) is 2.78. The molecule has 0 saturated carbocycles. The number of ether oxygens (including phenoxy) is 1. The van der Waals surface area contributed by atoms with Crippen LogP contribution in [0.1, 0.15) is 18.7 Å². The van der Waals surface area contributed by atoms with Crippen molar-refractivity contribution in [2.45, 2.75) is 19.9 Å². The number of carbonyl (C=O) groups excluding carboxylic acids is 3. The van der Waals surface area contributed by atoms with E-state index in [0.29, 0.717) is 0 Å². The van der Waals surface area contributed by atoms with Gasteiger partial charge in [0.25, 0.3) is 5.91 Å². The van der Waals surface area contributed by atoms with Crippen molar-refractivity contribution in [1.82, 2.24) is 10.6 Å². The molecule has 20 heavy (non-hydrogen) atoms. The molecular weight excluding hydrogens is 280 g/mol. The smallest absolute Gasteiger partial charge is 0.331 e. The van der Waals surface area contributed by atoms with Crippen LogP contribution in [-0.4, -0.2) is 30.6 Å². The maximum atomic E-state index is 11.3. The largest absolute Gasteiger partial charge is 0.452 e. The molecule has 0 bridgehead atoms. The van der Waals surface area contributed by atoms with E-state index >= 15 is 0 Å². The topological polar surface area (TPSA) is 84.5 Å². The van der Waals surface area contributed by atoms with Gasteiger partial charge in [-0.05, 0) is 31.4 Å². The molecular formula is C13H16N2O4S. The van der Waals surface area contributed by atoms with Gasteiger partial charge >= 0.3 is 12.0 Å². The normalized spacial score (nSPS) is 10.6. The first-order valence-corrected chi connectivity index (χ1v) is 6.84. The number of carbonyl (C=O) groups is 3. The van der Waals surface area contributed by atoms with Crippen molar-refractivity contribution in [2.24, 2.45) is 0 Å². The zero-order valence-electron chi connectivity index (χ0n) is 11.2. The molecule has 3 amide bonds. The van der Waals surface area contributed by atoms with E-state index in [2.05, 4.69) is 5.32 Å². The Morgan fingerprint density at radius 3 is 2.75 bits per heavy atom. The number of urea groups is 1. The van der Waals surface area contributed by atoms with E-state index in [9.17, 15) is 14.4 Å². The summed E-state index contributed by atoms with van der Waals surface area (Å²) in [5, 5.41) is 6.41. The van der Waals surface area contributed by atoms with E-state index in [0.717, 1.165) is 4.88 Å². The van der Waals surface area contributed by atoms with Gasteiger partial charge in [0.2, 0.25) is 0 Å². The lowest BCUT2D eigenvalue weighted by Gasteiger charge is -2.08. The SMILES string of the molecule is CC(C)NC(=O)NC(=O)COC(=O)C=Cc1cccs1. The van der Waals surface area contributed by atoms with Gasteiger partial charge in [-0.15, -0.1) is 11.3 Å². The molecule has 0 fully saturated rings. The van der Waals surface area contributed by atoms with Crippen LogP contribution < -0.4 is 10.6 Å². The van der Waals surface area contributed by atoms with Crippen molar-refractivity contribution in [3.63, 3.8) is 0 Å². The summed E-state index contributed by atoms with van der Waals surface area (Å²) in [5.41, 5.74) is 0. The van der Waals surface area contributed by atoms with E-state index in [-0.39, 0.29) is 6.04 Å². The minimum Gasteiger partial charge on any atom is -0.452 e. The van der Waals surface area contributed by atoms with Crippen LogP contribution in [-0.2, 0) is 14.3 Å². The van der Waals surface area contributed by atoms with Crippen molar-refractivity contribution >= 4 is 35.3 Å². The van der Waals surface area contributed by atoms with Crippen LogP contribution in [0.25, 0.3) is 6.08 Å². The van der Waals surface area contributed by atoms with Crippen LogP contribution in [0.5, 0.6) is 0 Å². The van der Waals surface area contributed by atoms with Crippen molar-refractivity contribution in [1.29, 1.82) is 0 Å². The van der Waals surface area contributed by atoms with Gasteiger partial charge in [-0.1, -0.05) is 6.07 Å². The van der Waals surface area contributed by atoms with Crippen LogP contribution in [0.2, 0.25) is 0 Å². The molecule has 0 spiro atoms. The van der Waals surface area contributed by atoms with Crippen molar-refractivity contribution in [3.05, 3.63) is 28.5 Å². The van der Waals surface area contributed by atoms with E-state index in [1.807, 2.05) is 22.8 Å². The summed E-state index contributed by atoms with van der Waals surface area (Å²) in [7, 11) is 0. The van der Waals surface area contributed by atoms with Crippen LogP contribution in [0.4, 0.5) is 4.79 Å².